The molecule has 1 amide bonds. The second kappa shape index (κ2) is 6.63. The lowest BCUT2D eigenvalue weighted by Crippen LogP contribution is -2.34. The SMILES string of the molecule is CCC1C(COc2nccc3cc(C)c(OC)cc23)NC(=O)[C@@H]1F. The predicted molar refractivity (Wildman–Crippen MR) is 89.1 cm³/mol. The van der Waals surface area contributed by atoms with E-state index >= 15 is 0 Å². The highest BCUT2D eigenvalue weighted by molar-refractivity contribution is 5.89. The number of hydrogen-bond donors (Lipinski definition) is 1. The summed E-state index contributed by atoms with van der Waals surface area (Å²) in [7, 11) is 1.62. The molecule has 1 aromatic heterocycles. The van der Waals surface area contributed by atoms with Gasteiger partial charge in [-0.3, -0.25) is 4.79 Å². The number of benzene rings is 1. The van der Waals surface area contributed by atoms with Gasteiger partial charge in [0.1, 0.15) is 12.4 Å². The van der Waals surface area contributed by atoms with Crippen LogP contribution >= 0.6 is 0 Å². The van der Waals surface area contributed by atoms with Crippen LogP contribution in [0.3, 0.4) is 0 Å². The van der Waals surface area contributed by atoms with Crippen molar-refractivity contribution < 1.29 is 18.7 Å². The number of nitrogens with one attached hydrogen (secondary N) is 1. The summed E-state index contributed by atoms with van der Waals surface area (Å²) in [5.41, 5.74) is 1.02. The fourth-order valence-corrected chi connectivity index (χ4v) is 3.22. The van der Waals surface area contributed by atoms with Crippen LogP contribution in [0.25, 0.3) is 10.8 Å². The van der Waals surface area contributed by atoms with Gasteiger partial charge in [0.15, 0.2) is 6.17 Å². The summed E-state index contributed by atoms with van der Waals surface area (Å²) in [4.78, 5) is 15.8. The van der Waals surface area contributed by atoms with Gasteiger partial charge in [0, 0.05) is 17.5 Å². The Kier molecular flexibility index (Phi) is 4.55. The first-order valence-electron chi connectivity index (χ1n) is 8.05. The number of hydrogen-bond acceptors (Lipinski definition) is 4. The standard InChI is InChI=1S/C18H21FN2O3/c1-4-12-14(21-17(22)16(12)19)9-24-18-13-8-15(23-3)10(2)7-11(13)5-6-20-18/h5-8,12,14,16H,4,9H2,1-3H3,(H,21,22)/t12?,14?,16-/m1/s1. The zero-order valence-electron chi connectivity index (χ0n) is 14.0. The van der Waals surface area contributed by atoms with Crippen LogP contribution in [0, 0.1) is 12.8 Å². The zero-order chi connectivity index (χ0) is 17.3. The molecule has 2 unspecified atom stereocenters. The number of aromatic nitrogens is 1. The highest BCUT2D eigenvalue weighted by atomic mass is 19.1. The van der Waals surface area contributed by atoms with Gasteiger partial charge < -0.3 is 14.8 Å². The van der Waals surface area contributed by atoms with Crippen LogP contribution in [0.15, 0.2) is 24.4 Å². The van der Waals surface area contributed by atoms with Crippen molar-refractivity contribution in [2.24, 2.45) is 5.92 Å². The number of nitrogens with zero attached hydrogens (tertiary/aromatic N) is 1. The fourth-order valence-electron chi connectivity index (χ4n) is 3.22. The van der Waals surface area contributed by atoms with E-state index in [1.165, 1.54) is 0 Å². The number of carbonyl (C=O) groups excluding carboxylic acids is 1. The Bertz CT molecular complexity index is 765. The van der Waals surface area contributed by atoms with Crippen LogP contribution in [-0.2, 0) is 4.79 Å². The van der Waals surface area contributed by atoms with Gasteiger partial charge in [-0.1, -0.05) is 6.92 Å². The summed E-state index contributed by atoms with van der Waals surface area (Å²) in [6, 6.07) is 5.45. The minimum atomic E-state index is -1.47. The predicted octanol–water partition coefficient (Wildman–Crippen LogP) is 2.79. The first kappa shape index (κ1) is 16.5. The summed E-state index contributed by atoms with van der Waals surface area (Å²) in [5.74, 6) is 0.282. The van der Waals surface area contributed by atoms with Crippen LogP contribution in [0.4, 0.5) is 4.39 Å². The third kappa shape index (κ3) is 2.88. The molecule has 24 heavy (non-hydrogen) atoms. The van der Waals surface area contributed by atoms with Crippen LogP contribution < -0.4 is 14.8 Å². The number of alkyl halides is 1. The molecule has 1 aromatic carbocycles. The summed E-state index contributed by atoms with van der Waals surface area (Å²) < 4.78 is 25.0. The van der Waals surface area contributed by atoms with Crippen molar-refractivity contribution in [1.82, 2.24) is 10.3 Å². The van der Waals surface area contributed by atoms with E-state index in [4.69, 9.17) is 9.47 Å². The molecule has 128 valence electrons. The van der Waals surface area contributed by atoms with Gasteiger partial charge in [-0.25, -0.2) is 9.37 Å². The molecule has 6 heteroatoms. The van der Waals surface area contributed by atoms with Crippen molar-refractivity contribution in [3.63, 3.8) is 0 Å². The molecule has 1 N–H and O–H groups in total. The summed E-state index contributed by atoms with van der Waals surface area (Å²) in [5, 5.41) is 4.48. The van der Waals surface area contributed by atoms with Gasteiger partial charge in [0.25, 0.3) is 5.91 Å². The number of rotatable bonds is 5. The molecule has 0 bridgehead atoms. The molecule has 2 aromatic rings. The first-order valence-corrected chi connectivity index (χ1v) is 8.05. The Morgan fingerprint density at radius 2 is 2.17 bits per heavy atom. The molecule has 1 aliphatic heterocycles. The summed E-state index contributed by atoms with van der Waals surface area (Å²) in [6.45, 7) is 4.03. The van der Waals surface area contributed by atoms with Crippen molar-refractivity contribution in [3.8, 4) is 11.6 Å². The molecule has 3 atom stereocenters. The number of carbonyl (C=O) groups is 1. The van der Waals surface area contributed by atoms with Crippen LogP contribution in [0.5, 0.6) is 11.6 Å². The Morgan fingerprint density at radius 3 is 2.88 bits per heavy atom. The van der Waals surface area contributed by atoms with Gasteiger partial charge in [0.05, 0.1) is 13.2 Å². The molecule has 1 aliphatic rings. The lowest BCUT2D eigenvalue weighted by atomic mass is 9.97. The molecule has 0 saturated carbocycles. The average Bonchev–Trinajstić information content (AvgIpc) is 2.85. The van der Waals surface area contributed by atoms with E-state index in [1.54, 1.807) is 13.3 Å². The smallest absolute Gasteiger partial charge is 0.255 e. The number of pyridine rings is 1. The van der Waals surface area contributed by atoms with Crippen molar-refractivity contribution in [2.75, 3.05) is 13.7 Å². The van der Waals surface area contributed by atoms with Crippen LogP contribution in [0.2, 0.25) is 0 Å². The minimum Gasteiger partial charge on any atom is -0.496 e. The number of amides is 1. The Hall–Kier alpha value is -2.37. The van der Waals surface area contributed by atoms with E-state index in [-0.39, 0.29) is 18.6 Å². The monoisotopic (exact) mass is 332 g/mol. The van der Waals surface area contributed by atoms with E-state index in [2.05, 4.69) is 10.3 Å². The molecule has 5 nitrogen and oxygen atoms in total. The molecule has 0 aliphatic carbocycles. The second-order valence-electron chi connectivity index (χ2n) is 6.06. The number of ether oxygens (including phenoxy) is 2. The fraction of sp³-hybridized carbons (Fsp3) is 0.444. The highest BCUT2D eigenvalue weighted by Crippen LogP contribution is 2.31. The van der Waals surface area contributed by atoms with E-state index in [0.717, 1.165) is 22.1 Å². The Balaban J connectivity index is 1.84. The summed E-state index contributed by atoms with van der Waals surface area (Å²) >= 11 is 0. The van der Waals surface area contributed by atoms with Crippen molar-refractivity contribution in [1.29, 1.82) is 0 Å². The van der Waals surface area contributed by atoms with Crippen molar-refractivity contribution >= 4 is 16.7 Å². The lowest BCUT2D eigenvalue weighted by molar-refractivity contribution is -0.123. The maximum absolute atomic E-state index is 13.9. The van der Waals surface area contributed by atoms with E-state index in [1.807, 2.05) is 32.0 Å². The van der Waals surface area contributed by atoms with Gasteiger partial charge in [0.2, 0.25) is 5.88 Å². The molecular weight excluding hydrogens is 311 g/mol. The zero-order valence-corrected chi connectivity index (χ0v) is 14.0. The minimum absolute atomic E-state index is 0.187. The van der Waals surface area contributed by atoms with Crippen molar-refractivity contribution in [3.05, 3.63) is 30.0 Å². The van der Waals surface area contributed by atoms with E-state index in [0.29, 0.717) is 12.3 Å². The molecular formula is C18H21FN2O3. The van der Waals surface area contributed by atoms with Gasteiger partial charge in [-0.05, 0) is 42.5 Å². The highest BCUT2D eigenvalue weighted by Gasteiger charge is 2.41. The summed E-state index contributed by atoms with van der Waals surface area (Å²) in [6.07, 6.45) is 0.780. The number of methoxy groups -OCH3 is 1. The van der Waals surface area contributed by atoms with E-state index in [9.17, 15) is 9.18 Å². The normalized spacial score (nSPS) is 23.3. The first-order chi connectivity index (χ1) is 11.5. The van der Waals surface area contributed by atoms with Gasteiger partial charge >= 0.3 is 0 Å². The van der Waals surface area contributed by atoms with Crippen LogP contribution in [-0.4, -0.2) is 36.8 Å². The van der Waals surface area contributed by atoms with Gasteiger partial charge in [-0.15, -0.1) is 0 Å². The number of aryl methyl sites for hydroxylation is 1. The quantitative estimate of drug-likeness (QED) is 0.915. The largest absolute Gasteiger partial charge is 0.496 e. The molecule has 0 radical (unpaired) electrons. The Labute approximate surface area is 140 Å². The van der Waals surface area contributed by atoms with Crippen molar-refractivity contribution in [2.45, 2.75) is 32.5 Å². The molecule has 1 fully saturated rings. The molecule has 2 heterocycles. The maximum atomic E-state index is 13.9. The third-order valence-electron chi connectivity index (χ3n) is 4.59. The topological polar surface area (TPSA) is 60.5 Å². The lowest BCUT2D eigenvalue weighted by Gasteiger charge is -2.19. The third-order valence-corrected chi connectivity index (χ3v) is 4.59. The maximum Gasteiger partial charge on any atom is 0.255 e. The van der Waals surface area contributed by atoms with E-state index < -0.39 is 12.1 Å². The number of fused-ring (bicyclic) bond motifs is 1. The number of halogens is 1. The molecule has 0 spiro atoms. The average molecular weight is 332 g/mol. The molecule has 1 saturated heterocycles. The van der Waals surface area contributed by atoms with Crippen LogP contribution in [0.1, 0.15) is 18.9 Å². The van der Waals surface area contributed by atoms with Gasteiger partial charge in [-0.2, -0.15) is 0 Å². The Morgan fingerprint density at radius 1 is 1.38 bits per heavy atom. The molecule has 3 rings (SSSR count). The second-order valence-corrected chi connectivity index (χ2v) is 6.06.